The van der Waals surface area contributed by atoms with Crippen molar-refractivity contribution in [2.45, 2.75) is 90.9 Å². The maximum atomic E-state index is 13.3. The van der Waals surface area contributed by atoms with E-state index in [1.165, 1.54) is 64.2 Å². The summed E-state index contributed by atoms with van der Waals surface area (Å²) in [4.78, 5) is 15.3. The van der Waals surface area contributed by atoms with Crippen molar-refractivity contribution < 1.29 is 14.3 Å². The lowest BCUT2D eigenvalue weighted by Crippen LogP contribution is -2.33. The fourth-order valence-electron chi connectivity index (χ4n) is 3.63. The van der Waals surface area contributed by atoms with Gasteiger partial charge in [0, 0.05) is 19.2 Å². The molecule has 0 saturated carbocycles. The van der Waals surface area contributed by atoms with Crippen molar-refractivity contribution in [3.63, 3.8) is 0 Å². The lowest BCUT2D eigenvalue weighted by molar-refractivity contribution is 0.0745. The molecular weight excluding hydrogens is 362 g/mol. The molecule has 0 aliphatic heterocycles. The number of hydrogen-bond acceptors (Lipinski definition) is 3. The molecule has 1 aromatic carbocycles. The normalized spacial score (nSPS) is 10.8. The SMILES string of the molecule is CCCCCCCCN(CCCCCCCC)C(=O)c1ccc(OC)cc1OC. The van der Waals surface area contributed by atoms with E-state index in [1.54, 1.807) is 20.3 Å². The summed E-state index contributed by atoms with van der Waals surface area (Å²) in [6.07, 6.45) is 14.8. The Morgan fingerprint density at radius 2 is 1.28 bits per heavy atom. The Balaban J connectivity index is 2.68. The Hall–Kier alpha value is -1.71. The summed E-state index contributed by atoms with van der Waals surface area (Å²) in [6.45, 7) is 6.14. The van der Waals surface area contributed by atoms with Gasteiger partial charge < -0.3 is 14.4 Å². The molecule has 0 radical (unpaired) electrons. The second-order valence-electron chi connectivity index (χ2n) is 7.89. The molecule has 1 aromatic rings. The number of amides is 1. The third-order valence-corrected chi connectivity index (χ3v) is 5.49. The van der Waals surface area contributed by atoms with E-state index in [0.29, 0.717) is 17.1 Å². The molecule has 29 heavy (non-hydrogen) atoms. The first kappa shape index (κ1) is 25.3. The molecule has 4 nitrogen and oxygen atoms in total. The summed E-state index contributed by atoms with van der Waals surface area (Å²) in [6, 6.07) is 5.46. The summed E-state index contributed by atoms with van der Waals surface area (Å²) >= 11 is 0. The Kier molecular flexibility index (Phi) is 14.1. The molecule has 0 atom stereocenters. The van der Waals surface area contributed by atoms with Crippen molar-refractivity contribution in [2.75, 3.05) is 27.3 Å². The van der Waals surface area contributed by atoms with Crippen molar-refractivity contribution in [1.82, 2.24) is 4.90 Å². The topological polar surface area (TPSA) is 38.8 Å². The van der Waals surface area contributed by atoms with Gasteiger partial charge in [-0.05, 0) is 25.0 Å². The lowest BCUT2D eigenvalue weighted by Gasteiger charge is -2.24. The van der Waals surface area contributed by atoms with Crippen LogP contribution in [0.2, 0.25) is 0 Å². The number of ether oxygens (including phenoxy) is 2. The second-order valence-corrected chi connectivity index (χ2v) is 7.89. The molecule has 1 rings (SSSR count). The highest BCUT2D eigenvalue weighted by molar-refractivity contribution is 5.97. The van der Waals surface area contributed by atoms with E-state index in [9.17, 15) is 4.79 Å². The van der Waals surface area contributed by atoms with E-state index in [-0.39, 0.29) is 5.91 Å². The number of benzene rings is 1. The van der Waals surface area contributed by atoms with Crippen LogP contribution in [0.15, 0.2) is 18.2 Å². The standard InChI is InChI=1S/C25H43NO3/c1-5-7-9-11-13-15-19-26(20-16-14-12-10-8-6-2)25(27)23-18-17-22(28-3)21-24(23)29-4/h17-18,21H,5-16,19-20H2,1-4H3. The number of nitrogens with zero attached hydrogens (tertiary/aromatic N) is 1. The van der Waals surface area contributed by atoms with Gasteiger partial charge in [0.15, 0.2) is 0 Å². The van der Waals surface area contributed by atoms with Gasteiger partial charge in [-0.2, -0.15) is 0 Å². The minimum atomic E-state index is 0.0756. The van der Waals surface area contributed by atoms with Crippen LogP contribution >= 0.6 is 0 Å². The Bertz CT molecular complexity index is 543. The summed E-state index contributed by atoms with van der Waals surface area (Å²) in [5.74, 6) is 1.37. The van der Waals surface area contributed by atoms with Gasteiger partial charge in [0.2, 0.25) is 0 Å². The minimum absolute atomic E-state index is 0.0756. The molecule has 0 aliphatic carbocycles. The second kappa shape index (κ2) is 16.1. The van der Waals surface area contributed by atoms with Crippen LogP contribution in [-0.4, -0.2) is 38.1 Å². The average Bonchev–Trinajstić information content (AvgIpc) is 2.75. The number of unbranched alkanes of at least 4 members (excludes halogenated alkanes) is 10. The van der Waals surface area contributed by atoms with Crippen LogP contribution in [0.25, 0.3) is 0 Å². The molecular formula is C25H43NO3. The Labute approximate surface area is 179 Å². The highest BCUT2D eigenvalue weighted by Crippen LogP contribution is 2.26. The van der Waals surface area contributed by atoms with Crippen LogP contribution in [0, 0.1) is 0 Å². The third-order valence-electron chi connectivity index (χ3n) is 5.49. The maximum Gasteiger partial charge on any atom is 0.257 e. The number of carbonyl (C=O) groups is 1. The fourth-order valence-corrected chi connectivity index (χ4v) is 3.63. The summed E-state index contributed by atoms with van der Waals surface area (Å²) < 4.78 is 10.7. The maximum absolute atomic E-state index is 13.3. The largest absolute Gasteiger partial charge is 0.497 e. The molecule has 0 spiro atoms. The molecule has 0 unspecified atom stereocenters. The zero-order chi connectivity index (χ0) is 21.3. The molecule has 0 heterocycles. The molecule has 0 aliphatic rings. The first-order valence-electron chi connectivity index (χ1n) is 11.7. The lowest BCUT2D eigenvalue weighted by atomic mass is 10.1. The minimum Gasteiger partial charge on any atom is -0.497 e. The monoisotopic (exact) mass is 405 g/mol. The number of carbonyl (C=O) groups excluding carboxylic acids is 1. The van der Waals surface area contributed by atoms with Gasteiger partial charge in [-0.3, -0.25) is 4.79 Å². The van der Waals surface area contributed by atoms with E-state index in [2.05, 4.69) is 13.8 Å². The van der Waals surface area contributed by atoms with Gasteiger partial charge in [-0.25, -0.2) is 0 Å². The highest BCUT2D eigenvalue weighted by Gasteiger charge is 2.19. The van der Waals surface area contributed by atoms with Crippen LogP contribution in [0.1, 0.15) is 101 Å². The molecule has 1 amide bonds. The van der Waals surface area contributed by atoms with E-state index in [0.717, 1.165) is 25.9 Å². The van der Waals surface area contributed by atoms with Crippen molar-refractivity contribution in [2.24, 2.45) is 0 Å². The predicted octanol–water partition coefficient (Wildman–Crippen LogP) is 6.87. The first-order chi connectivity index (χ1) is 14.2. The van der Waals surface area contributed by atoms with Crippen LogP contribution in [0.4, 0.5) is 0 Å². The van der Waals surface area contributed by atoms with Crippen molar-refractivity contribution in [3.8, 4) is 11.5 Å². The zero-order valence-corrected chi connectivity index (χ0v) is 19.3. The van der Waals surface area contributed by atoms with Gasteiger partial charge in [-0.15, -0.1) is 0 Å². The summed E-state index contributed by atoms with van der Waals surface area (Å²) in [5, 5.41) is 0. The zero-order valence-electron chi connectivity index (χ0n) is 19.3. The van der Waals surface area contributed by atoms with Crippen LogP contribution in [-0.2, 0) is 0 Å². The van der Waals surface area contributed by atoms with Gasteiger partial charge in [0.05, 0.1) is 19.8 Å². The average molecular weight is 406 g/mol. The smallest absolute Gasteiger partial charge is 0.257 e. The van der Waals surface area contributed by atoms with Crippen molar-refractivity contribution >= 4 is 5.91 Å². The van der Waals surface area contributed by atoms with Crippen molar-refractivity contribution in [1.29, 1.82) is 0 Å². The highest BCUT2D eigenvalue weighted by atomic mass is 16.5. The van der Waals surface area contributed by atoms with Crippen LogP contribution in [0.3, 0.4) is 0 Å². The quantitative estimate of drug-likeness (QED) is 0.266. The third kappa shape index (κ3) is 10.0. The molecule has 0 bridgehead atoms. The van der Waals surface area contributed by atoms with E-state index in [4.69, 9.17) is 9.47 Å². The molecule has 4 heteroatoms. The Morgan fingerprint density at radius 1 is 0.759 bits per heavy atom. The predicted molar refractivity (Wildman–Crippen MR) is 122 cm³/mol. The molecule has 166 valence electrons. The number of rotatable bonds is 17. The van der Waals surface area contributed by atoms with Crippen LogP contribution in [0.5, 0.6) is 11.5 Å². The molecule has 0 fully saturated rings. The van der Waals surface area contributed by atoms with E-state index >= 15 is 0 Å². The summed E-state index contributed by atoms with van der Waals surface area (Å²) in [7, 11) is 3.23. The van der Waals surface area contributed by atoms with E-state index in [1.807, 2.05) is 17.0 Å². The summed E-state index contributed by atoms with van der Waals surface area (Å²) in [5.41, 5.74) is 0.630. The van der Waals surface area contributed by atoms with Crippen molar-refractivity contribution in [3.05, 3.63) is 23.8 Å². The number of hydrogen-bond donors (Lipinski definition) is 0. The molecule has 0 N–H and O–H groups in total. The van der Waals surface area contributed by atoms with Gasteiger partial charge in [0.1, 0.15) is 11.5 Å². The van der Waals surface area contributed by atoms with Gasteiger partial charge in [0.25, 0.3) is 5.91 Å². The number of methoxy groups -OCH3 is 2. The molecule has 0 aromatic heterocycles. The van der Waals surface area contributed by atoms with E-state index < -0.39 is 0 Å². The van der Waals surface area contributed by atoms with Gasteiger partial charge >= 0.3 is 0 Å². The molecule has 0 saturated heterocycles. The Morgan fingerprint density at radius 3 is 1.76 bits per heavy atom. The first-order valence-corrected chi connectivity index (χ1v) is 11.7. The van der Waals surface area contributed by atoms with Crippen LogP contribution < -0.4 is 9.47 Å². The fraction of sp³-hybridized carbons (Fsp3) is 0.720. The van der Waals surface area contributed by atoms with Gasteiger partial charge in [-0.1, -0.05) is 78.1 Å².